The van der Waals surface area contributed by atoms with Crippen LogP contribution in [0.15, 0.2) is 24.3 Å². The third-order valence-corrected chi connectivity index (χ3v) is 2.94. The Bertz CT molecular complexity index is 374. The lowest BCUT2D eigenvalue weighted by atomic mass is 10.0. The van der Waals surface area contributed by atoms with E-state index in [9.17, 15) is 4.79 Å². The number of rotatable bonds is 6. The van der Waals surface area contributed by atoms with Gasteiger partial charge in [-0.1, -0.05) is 26.0 Å². The Kier molecular flexibility index (Phi) is 5.65. The van der Waals surface area contributed by atoms with Crippen molar-refractivity contribution < 1.29 is 9.90 Å². The molecular weight excluding hydrogens is 228 g/mol. The van der Waals surface area contributed by atoms with Gasteiger partial charge in [-0.05, 0) is 30.0 Å². The number of hydrogen-bond acceptors (Lipinski definition) is 3. The summed E-state index contributed by atoms with van der Waals surface area (Å²) in [7, 11) is 0. The Morgan fingerprint density at radius 1 is 1.33 bits per heavy atom. The standard InChI is InChI=1S/C14H22N2O2/c1-10(2)13(7-8-17)16-14(18)9-11-3-5-12(15)6-4-11/h3-6,10,13,17H,7-9,15H2,1-2H3,(H,16,18). The normalized spacial score (nSPS) is 12.4. The number of hydrogen-bond donors (Lipinski definition) is 3. The van der Waals surface area contributed by atoms with E-state index in [4.69, 9.17) is 10.8 Å². The summed E-state index contributed by atoms with van der Waals surface area (Å²) in [6.07, 6.45) is 0.931. The van der Waals surface area contributed by atoms with Crippen molar-refractivity contribution in [2.45, 2.75) is 32.7 Å². The van der Waals surface area contributed by atoms with Crippen LogP contribution in [0.4, 0.5) is 5.69 Å². The molecule has 0 fully saturated rings. The average Bonchev–Trinajstić information content (AvgIpc) is 2.31. The minimum absolute atomic E-state index is 0.0214. The van der Waals surface area contributed by atoms with E-state index in [1.807, 2.05) is 26.0 Å². The van der Waals surface area contributed by atoms with Crippen molar-refractivity contribution in [3.05, 3.63) is 29.8 Å². The highest BCUT2D eigenvalue weighted by molar-refractivity contribution is 5.79. The molecule has 0 bridgehead atoms. The Morgan fingerprint density at radius 2 is 1.94 bits per heavy atom. The van der Waals surface area contributed by atoms with Gasteiger partial charge in [0, 0.05) is 18.3 Å². The summed E-state index contributed by atoms with van der Waals surface area (Å²) in [4.78, 5) is 11.9. The first-order valence-corrected chi connectivity index (χ1v) is 6.27. The Labute approximate surface area is 108 Å². The van der Waals surface area contributed by atoms with Crippen LogP contribution < -0.4 is 11.1 Å². The van der Waals surface area contributed by atoms with Crippen LogP contribution in [-0.2, 0) is 11.2 Å². The molecule has 100 valence electrons. The maximum atomic E-state index is 11.9. The highest BCUT2D eigenvalue weighted by Gasteiger charge is 2.15. The van der Waals surface area contributed by atoms with Crippen LogP contribution in [0.5, 0.6) is 0 Å². The molecule has 0 aromatic heterocycles. The minimum Gasteiger partial charge on any atom is -0.399 e. The van der Waals surface area contributed by atoms with Crippen molar-refractivity contribution in [1.29, 1.82) is 0 Å². The second-order valence-electron chi connectivity index (χ2n) is 4.85. The predicted octanol–water partition coefficient (Wildman–Crippen LogP) is 1.33. The second-order valence-corrected chi connectivity index (χ2v) is 4.85. The van der Waals surface area contributed by atoms with Gasteiger partial charge in [-0.15, -0.1) is 0 Å². The molecular formula is C14H22N2O2. The zero-order valence-electron chi connectivity index (χ0n) is 11.0. The molecule has 1 rings (SSSR count). The molecule has 1 unspecified atom stereocenters. The van der Waals surface area contributed by atoms with Crippen LogP contribution in [0.3, 0.4) is 0 Å². The van der Waals surface area contributed by atoms with Crippen LogP contribution in [-0.4, -0.2) is 23.7 Å². The van der Waals surface area contributed by atoms with Gasteiger partial charge in [-0.25, -0.2) is 0 Å². The maximum absolute atomic E-state index is 11.9. The minimum atomic E-state index is -0.0214. The summed E-state index contributed by atoms with van der Waals surface area (Å²) in [5, 5.41) is 11.9. The fourth-order valence-corrected chi connectivity index (χ4v) is 1.79. The number of benzene rings is 1. The van der Waals surface area contributed by atoms with Gasteiger partial charge in [0.15, 0.2) is 0 Å². The Hall–Kier alpha value is -1.55. The van der Waals surface area contributed by atoms with Crippen LogP contribution in [0.1, 0.15) is 25.8 Å². The molecule has 0 saturated carbocycles. The highest BCUT2D eigenvalue weighted by Crippen LogP contribution is 2.08. The number of carbonyl (C=O) groups excluding carboxylic acids is 1. The molecule has 18 heavy (non-hydrogen) atoms. The van der Waals surface area contributed by atoms with Gasteiger partial charge in [-0.2, -0.15) is 0 Å². The van der Waals surface area contributed by atoms with Gasteiger partial charge in [0.25, 0.3) is 0 Å². The van der Waals surface area contributed by atoms with Crippen LogP contribution >= 0.6 is 0 Å². The van der Waals surface area contributed by atoms with Crippen LogP contribution in [0.25, 0.3) is 0 Å². The molecule has 0 aliphatic heterocycles. The lowest BCUT2D eigenvalue weighted by Crippen LogP contribution is -2.40. The first kappa shape index (κ1) is 14.5. The summed E-state index contributed by atoms with van der Waals surface area (Å²) >= 11 is 0. The summed E-state index contributed by atoms with van der Waals surface area (Å²) in [6.45, 7) is 4.15. The van der Waals surface area contributed by atoms with Crippen molar-refractivity contribution >= 4 is 11.6 Å². The fourth-order valence-electron chi connectivity index (χ4n) is 1.79. The average molecular weight is 250 g/mol. The van der Waals surface area contributed by atoms with Crippen molar-refractivity contribution in [2.24, 2.45) is 5.92 Å². The summed E-state index contributed by atoms with van der Waals surface area (Å²) in [5.74, 6) is 0.291. The predicted molar refractivity (Wildman–Crippen MR) is 73.0 cm³/mol. The van der Waals surface area contributed by atoms with Crippen molar-refractivity contribution in [3.8, 4) is 0 Å². The Morgan fingerprint density at radius 3 is 2.44 bits per heavy atom. The summed E-state index contributed by atoms with van der Waals surface area (Å²) in [6, 6.07) is 7.31. The molecule has 4 heteroatoms. The van der Waals surface area contributed by atoms with E-state index in [0.717, 1.165) is 5.56 Å². The van der Waals surface area contributed by atoms with Crippen LogP contribution in [0, 0.1) is 5.92 Å². The largest absolute Gasteiger partial charge is 0.399 e. The zero-order valence-corrected chi connectivity index (χ0v) is 11.0. The highest BCUT2D eigenvalue weighted by atomic mass is 16.3. The van der Waals surface area contributed by atoms with E-state index in [-0.39, 0.29) is 18.6 Å². The molecule has 0 aliphatic carbocycles. The molecule has 1 amide bonds. The lowest BCUT2D eigenvalue weighted by Gasteiger charge is -2.21. The molecule has 0 heterocycles. The summed E-state index contributed by atoms with van der Waals surface area (Å²) in [5.41, 5.74) is 7.22. The maximum Gasteiger partial charge on any atom is 0.224 e. The number of aliphatic hydroxyl groups excluding tert-OH is 1. The number of amides is 1. The molecule has 4 N–H and O–H groups in total. The molecule has 0 spiro atoms. The van der Waals surface area contributed by atoms with Gasteiger partial charge >= 0.3 is 0 Å². The smallest absolute Gasteiger partial charge is 0.224 e. The van der Waals surface area contributed by atoms with E-state index in [2.05, 4.69) is 5.32 Å². The first-order chi connectivity index (χ1) is 8.52. The molecule has 1 aromatic rings. The number of nitrogens with two attached hydrogens (primary N) is 1. The van der Waals surface area contributed by atoms with Crippen LogP contribution in [0.2, 0.25) is 0 Å². The van der Waals surface area contributed by atoms with Gasteiger partial charge in [0.1, 0.15) is 0 Å². The van der Waals surface area contributed by atoms with E-state index >= 15 is 0 Å². The third-order valence-electron chi connectivity index (χ3n) is 2.94. The second kappa shape index (κ2) is 7.01. The van der Waals surface area contributed by atoms with E-state index in [0.29, 0.717) is 24.4 Å². The van der Waals surface area contributed by atoms with Gasteiger partial charge in [0.05, 0.1) is 6.42 Å². The first-order valence-electron chi connectivity index (χ1n) is 6.27. The van der Waals surface area contributed by atoms with Crippen molar-refractivity contribution in [3.63, 3.8) is 0 Å². The molecule has 1 atom stereocenters. The topological polar surface area (TPSA) is 75.3 Å². The van der Waals surface area contributed by atoms with E-state index < -0.39 is 0 Å². The number of nitrogen functional groups attached to an aromatic ring is 1. The third kappa shape index (κ3) is 4.75. The number of carbonyl (C=O) groups is 1. The molecule has 0 aliphatic rings. The van der Waals surface area contributed by atoms with Gasteiger partial charge in [0.2, 0.25) is 5.91 Å². The van der Waals surface area contributed by atoms with Gasteiger partial charge < -0.3 is 16.2 Å². The molecule has 0 saturated heterocycles. The van der Waals surface area contributed by atoms with Crippen molar-refractivity contribution in [2.75, 3.05) is 12.3 Å². The van der Waals surface area contributed by atoms with E-state index in [1.165, 1.54) is 0 Å². The Balaban J connectivity index is 2.52. The number of nitrogens with one attached hydrogen (secondary N) is 1. The fraction of sp³-hybridized carbons (Fsp3) is 0.500. The zero-order chi connectivity index (χ0) is 13.5. The number of anilines is 1. The van der Waals surface area contributed by atoms with E-state index in [1.54, 1.807) is 12.1 Å². The molecule has 4 nitrogen and oxygen atoms in total. The number of aliphatic hydroxyl groups is 1. The molecule has 1 aromatic carbocycles. The monoisotopic (exact) mass is 250 g/mol. The van der Waals surface area contributed by atoms with Gasteiger partial charge in [-0.3, -0.25) is 4.79 Å². The molecule has 0 radical (unpaired) electrons. The lowest BCUT2D eigenvalue weighted by molar-refractivity contribution is -0.121. The van der Waals surface area contributed by atoms with Crippen molar-refractivity contribution in [1.82, 2.24) is 5.32 Å². The SMILES string of the molecule is CC(C)C(CCO)NC(=O)Cc1ccc(N)cc1. The quantitative estimate of drug-likeness (QED) is 0.667. The summed E-state index contributed by atoms with van der Waals surface area (Å²) < 4.78 is 0.